The van der Waals surface area contributed by atoms with Crippen LogP contribution in [0, 0.1) is 0 Å². The standard InChI is InChI=1S/C13H13F3N2O2/c1-19-9-5-3-8(4-6-9)7-10-11(13(14,15)16)17-18-12(10)20-2/h3-6H,7H2,1-2H3,(H,17,18). The highest BCUT2D eigenvalue weighted by Gasteiger charge is 2.37. The molecule has 20 heavy (non-hydrogen) atoms. The van der Waals surface area contributed by atoms with Gasteiger partial charge in [0.2, 0.25) is 5.88 Å². The molecule has 0 fully saturated rings. The largest absolute Gasteiger partial charge is 0.497 e. The molecule has 2 aromatic rings. The molecule has 0 atom stereocenters. The van der Waals surface area contributed by atoms with Crippen LogP contribution in [0.25, 0.3) is 0 Å². The zero-order valence-corrected chi connectivity index (χ0v) is 10.9. The molecule has 0 bridgehead atoms. The smallest absolute Gasteiger partial charge is 0.433 e. The minimum atomic E-state index is -4.49. The lowest BCUT2D eigenvalue weighted by Crippen LogP contribution is -2.09. The maximum absolute atomic E-state index is 12.9. The Kier molecular flexibility index (Phi) is 3.87. The molecule has 1 N–H and O–H groups in total. The molecule has 0 aliphatic rings. The van der Waals surface area contributed by atoms with Crippen LogP contribution in [0.3, 0.4) is 0 Å². The summed E-state index contributed by atoms with van der Waals surface area (Å²) in [7, 11) is 2.81. The van der Waals surface area contributed by atoms with Crippen molar-refractivity contribution in [3.8, 4) is 11.6 Å². The maximum Gasteiger partial charge on any atom is 0.433 e. The molecule has 0 spiro atoms. The van der Waals surface area contributed by atoms with Crippen LogP contribution in [-0.2, 0) is 12.6 Å². The first kappa shape index (κ1) is 14.2. The van der Waals surface area contributed by atoms with Gasteiger partial charge in [0.25, 0.3) is 0 Å². The van der Waals surface area contributed by atoms with E-state index in [4.69, 9.17) is 9.47 Å². The average Bonchev–Trinajstić information content (AvgIpc) is 2.82. The third-order valence-electron chi connectivity index (χ3n) is 2.85. The van der Waals surface area contributed by atoms with Crippen LogP contribution in [-0.4, -0.2) is 24.4 Å². The van der Waals surface area contributed by atoms with Gasteiger partial charge in [-0.3, -0.25) is 5.10 Å². The number of benzene rings is 1. The van der Waals surface area contributed by atoms with E-state index in [2.05, 4.69) is 5.10 Å². The summed E-state index contributed by atoms with van der Waals surface area (Å²) in [5.41, 5.74) is -0.189. The molecular weight excluding hydrogens is 273 g/mol. The fourth-order valence-electron chi connectivity index (χ4n) is 1.86. The van der Waals surface area contributed by atoms with Gasteiger partial charge in [-0.05, 0) is 17.7 Å². The Labute approximate surface area is 113 Å². The van der Waals surface area contributed by atoms with Crippen LogP contribution in [0.2, 0.25) is 0 Å². The molecule has 108 valence electrons. The molecule has 0 aliphatic heterocycles. The van der Waals surface area contributed by atoms with Gasteiger partial charge in [-0.2, -0.15) is 13.2 Å². The lowest BCUT2D eigenvalue weighted by atomic mass is 10.0. The predicted molar refractivity (Wildman–Crippen MR) is 65.9 cm³/mol. The van der Waals surface area contributed by atoms with Gasteiger partial charge in [-0.25, -0.2) is 0 Å². The summed E-state index contributed by atoms with van der Waals surface area (Å²) in [6, 6.07) is 6.78. The Morgan fingerprint density at radius 1 is 1.10 bits per heavy atom. The Morgan fingerprint density at radius 2 is 1.75 bits per heavy atom. The molecule has 4 nitrogen and oxygen atoms in total. The Hall–Kier alpha value is -2.18. The zero-order chi connectivity index (χ0) is 14.8. The fourth-order valence-corrected chi connectivity index (χ4v) is 1.86. The molecule has 7 heteroatoms. The quantitative estimate of drug-likeness (QED) is 0.939. The SMILES string of the molecule is COc1ccc(Cc2c(OC)n[nH]c2C(F)(F)F)cc1. The maximum atomic E-state index is 12.9. The van der Waals surface area contributed by atoms with E-state index >= 15 is 0 Å². The van der Waals surface area contributed by atoms with Gasteiger partial charge in [-0.15, -0.1) is 5.10 Å². The number of rotatable bonds is 4. The molecular formula is C13H13F3N2O2. The molecule has 2 rings (SSSR count). The van der Waals surface area contributed by atoms with Crippen molar-refractivity contribution in [1.29, 1.82) is 0 Å². The van der Waals surface area contributed by atoms with Crippen molar-refractivity contribution in [2.45, 2.75) is 12.6 Å². The van der Waals surface area contributed by atoms with Gasteiger partial charge in [0.15, 0.2) is 0 Å². The van der Waals surface area contributed by atoms with Gasteiger partial charge < -0.3 is 9.47 Å². The van der Waals surface area contributed by atoms with Crippen molar-refractivity contribution in [3.63, 3.8) is 0 Å². The van der Waals surface area contributed by atoms with Crippen LogP contribution in [0.15, 0.2) is 24.3 Å². The van der Waals surface area contributed by atoms with Gasteiger partial charge in [0.05, 0.1) is 19.8 Å². The first-order valence-corrected chi connectivity index (χ1v) is 5.77. The Balaban J connectivity index is 2.33. The van der Waals surface area contributed by atoms with E-state index in [0.717, 1.165) is 0 Å². The average molecular weight is 286 g/mol. The Morgan fingerprint density at radius 3 is 2.25 bits per heavy atom. The van der Waals surface area contributed by atoms with E-state index in [1.165, 1.54) is 14.2 Å². The summed E-state index contributed by atoms with van der Waals surface area (Å²) in [5, 5.41) is 5.52. The molecule has 0 saturated heterocycles. The van der Waals surface area contributed by atoms with Crippen LogP contribution >= 0.6 is 0 Å². The third-order valence-corrected chi connectivity index (χ3v) is 2.85. The number of aromatic nitrogens is 2. The van der Waals surface area contributed by atoms with Crippen molar-refractivity contribution >= 4 is 0 Å². The number of alkyl halides is 3. The molecule has 0 aliphatic carbocycles. The predicted octanol–water partition coefficient (Wildman–Crippen LogP) is 3.04. The first-order chi connectivity index (χ1) is 9.45. The molecule has 0 radical (unpaired) electrons. The summed E-state index contributed by atoms with van der Waals surface area (Å²) in [6.45, 7) is 0. The van der Waals surface area contributed by atoms with Gasteiger partial charge >= 0.3 is 6.18 Å². The summed E-state index contributed by atoms with van der Waals surface area (Å²) in [6.07, 6.45) is -4.43. The number of ether oxygens (including phenoxy) is 2. The molecule has 1 aromatic carbocycles. The van der Waals surface area contributed by atoms with E-state index < -0.39 is 11.9 Å². The van der Waals surface area contributed by atoms with Gasteiger partial charge in [0.1, 0.15) is 11.4 Å². The Bertz CT molecular complexity index is 576. The topological polar surface area (TPSA) is 47.1 Å². The summed E-state index contributed by atoms with van der Waals surface area (Å²) in [5.74, 6) is 0.595. The molecule has 0 saturated carbocycles. The van der Waals surface area contributed by atoms with E-state index in [9.17, 15) is 13.2 Å². The fraction of sp³-hybridized carbons (Fsp3) is 0.308. The van der Waals surface area contributed by atoms with Crippen molar-refractivity contribution in [2.24, 2.45) is 0 Å². The second-order valence-electron chi connectivity index (χ2n) is 4.11. The van der Waals surface area contributed by atoms with Crippen molar-refractivity contribution in [3.05, 3.63) is 41.1 Å². The van der Waals surface area contributed by atoms with Crippen molar-refractivity contribution < 1.29 is 22.6 Å². The second-order valence-corrected chi connectivity index (χ2v) is 4.11. The number of H-pyrrole nitrogens is 1. The summed E-state index contributed by atoms with van der Waals surface area (Å²) < 4.78 is 48.5. The van der Waals surface area contributed by atoms with Crippen molar-refractivity contribution in [1.82, 2.24) is 10.2 Å². The van der Waals surface area contributed by atoms with Crippen LogP contribution in [0.5, 0.6) is 11.6 Å². The first-order valence-electron chi connectivity index (χ1n) is 5.77. The highest BCUT2D eigenvalue weighted by atomic mass is 19.4. The number of methoxy groups -OCH3 is 2. The number of nitrogens with zero attached hydrogens (tertiary/aromatic N) is 1. The van der Waals surface area contributed by atoms with Crippen LogP contribution in [0.1, 0.15) is 16.8 Å². The number of aromatic amines is 1. The van der Waals surface area contributed by atoms with Crippen LogP contribution in [0.4, 0.5) is 13.2 Å². The zero-order valence-electron chi connectivity index (χ0n) is 10.9. The van der Waals surface area contributed by atoms with E-state index in [0.29, 0.717) is 11.3 Å². The normalized spacial score (nSPS) is 11.4. The van der Waals surface area contributed by atoms with Crippen LogP contribution < -0.4 is 9.47 Å². The lowest BCUT2D eigenvalue weighted by molar-refractivity contribution is -0.141. The highest BCUT2D eigenvalue weighted by molar-refractivity contribution is 5.38. The number of halogens is 3. The van der Waals surface area contributed by atoms with Gasteiger partial charge in [-0.1, -0.05) is 12.1 Å². The molecule has 0 unspecified atom stereocenters. The molecule has 1 aromatic heterocycles. The number of hydrogen-bond donors (Lipinski definition) is 1. The van der Waals surface area contributed by atoms with E-state index in [1.54, 1.807) is 24.3 Å². The number of hydrogen-bond acceptors (Lipinski definition) is 3. The van der Waals surface area contributed by atoms with E-state index in [1.807, 2.05) is 5.10 Å². The van der Waals surface area contributed by atoms with E-state index in [-0.39, 0.29) is 17.9 Å². The third kappa shape index (κ3) is 2.87. The summed E-state index contributed by atoms with van der Waals surface area (Å²) >= 11 is 0. The number of nitrogens with one attached hydrogen (secondary N) is 1. The molecule has 0 amide bonds. The summed E-state index contributed by atoms with van der Waals surface area (Å²) in [4.78, 5) is 0. The second kappa shape index (κ2) is 5.44. The minimum Gasteiger partial charge on any atom is -0.497 e. The minimum absolute atomic E-state index is 0.00910. The van der Waals surface area contributed by atoms with Crippen molar-refractivity contribution in [2.75, 3.05) is 14.2 Å². The lowest BCUT2D eigenvalue weighted by Gasteiger charge is -2.08. The highest BCUT2D eigenvalue weighted by Crippen LogP contribution is 2.35. The monoisotopic (exact) mass is 286 g/mol. The van der Waals surface area contributed by atoms with Gasteiger partial charge in [0, 0.05) is 6.42 Å². The molecule has 1 heterocycles.